The molecule has 5 atom stereocenters. The van der Waals surface area contributed by atoms with Gasteiger partial charge < -0.3 is 5.32 Å². The fourth-order valence-corrected chi connectivity index (χ4v) is 5.48. The third kappa shape index (κ3) is 1.49. The zero-order chi connectivity index (χ0) is 13.1. The average molecular weight is 267 g/mol. The fourth-order valence-electron chi connectivity index (χ4n) is 5.48. The number of nitrogens with one attached hydrogen (secondary N) is 2. The molecule has 0 saturated heterocycles. The lowest BCUT2D eigenvalue weighted by Crippen LogP contribution is -2.33. The fraction of sp³-hybridized carbons (Fsp3) is 0.588. The van der Waals surface area contributed by atoms with Crippen LogP contribution in [0.2, 0.25) is 0 Å². The van der Waals surface area contributed by atoms with E-state index in [0.717, 1.165) is 29.2 Å². The summed E-state index contributed by atoms with van der Waals surface area (Å²) < 4.78 is 0. The third-order valence-corrected chi connectivity index (χ3v) is 6.22. The Kier molecular flexibility index (Phi) is 2.24. The van der Waals surface area contributed by atoms with Gasteiger partial charge in [-0.05, 0) is 67.6 Å². The lowest BCUT2D eigenvalue weighted by Gasteiger charge is -2.32. The molecule has 3 saturated carbocycles. The number of aromatic amines is 1. The third-order valence-electron chi connectivity index (χ3n) is 6.22. The molecule has 3 aliphatic rings. The van der Waals surface area contributed by atoms with E-state index in [1.165, 1.54) is 43.2 Å². The van der Waals surface area contributed by atoms with Gasteiger partial charge in [-0.2, -0.15) is 5.10 Å². The quantitative estimate of drug-likeness (QED) is 0.869. The Labute approximate surface area is 119 Å². The monoisotopic (exact) mass is 267 g/mol. The van der Waals surface area contributed by atoms with Gasteiger partial charge in [0, 0.05) is 17.1 Å². The van der Waals surface area contributed by atoms with Crippen LogP contribution in [-0.2, 0) is 0 Å². The van der Waals surface area contributed by atoms with Crippen molar-refractivity contribution in [2.75, 3.05) is 5.32 Å². The highest BCUT2D eigenvalue weighted by Gasteiger charge is 2.53. The maximum atomic E-state index is 4.10. The Balaban J connectivity index is 1.39. The van der Waals surface area contributed by atoms with Crippen molar-refractivity contribution in [2.45, 2.75) is 38.1 Å². The highest BCUT2D eigenvalue weighted by molar-refractivity contribution is 5.81. The summed E-state index contributed by atoms with van der Waals surface area (Å²) in [5.41, 5.74) is 2.39. The number of nitrogens with zero attached hydrogens (tertiary/aromatic N) is 1. The molecule has 3 fully saturated rings. The number of H-pyrrole nitrogens is 1. The Morgan fingerprint density at radius 2 is 2.05 bits per heavy atom. The molecule has 2 N–H and O–H groups in total. The molecule has 1 aromatic heterocycles. The first kappa shape index (κ1) is 11.2. The highest BCUT2D eigenvalue weighted by Crippen LogP contribution is 2.59. The number of aromatic nitrogens is 2. The molecular weight excluding hydrogens is 246 g/mol. The minimum absolute atomic E-state index is 0.712. The summed E-state index contributed by atoms with van der Waals surface area (Å²) in [7, 11) is 0. The van der Waals surface area contributed by atoms with Crippen molar-refractivity contribution in [3.05, 3.63) is 24.4 Å². The number of fused-ring (bicyclic) bond motifs is 6. The van der Waals surface area contributed by atoms with Gasteiger partial charge in [-0.1, -0.05) is 6.42 Å². The summed E-state index contributed by atoms with van der Waals surface area (Å²) in [5, 5.41) is 12.2. The topological polar surface area (TPSA) is 40.7 Å². The van der Waals surface area contributed by atoms with E-state index in [2.05, 4.69) is 33.7 Å². The van der Waals surface area contributed by atoms with Crippen LogP contribution < -0.4 is 5.32 Å². The summed E-state index contributed by atoms with van der Waals surface area (Å²) in [5.74, 6) is 4.06. The van der Waals surface area contributed by atoms with E-state index in [4.69, 9.17) is 0 Å². The van der Waals surface area contributed by atoms with Gasteiger partial charge in [-0.3, -0.25) is 5.10 Å². The van der Waals surface area contributed by atoms with Crippen LogP contribution in [0.1, 0.15) is 32.1 Å². The van der Waals surface area contributed by atoms with Crippen LogP contribution in [0, 0.1) is 23.7 Å². The van der Waals surface area contributed by atoms with Crippen molar-refractivity contribution in [3.63, 3.8) is 0 Å². The summed E-state index contributed by atoms with van der Waals surface area (Å²) in [6.45, 7) is 0. The van der Waals surface area contributed by atoms with Crippen molar-refractivity contribution < 1.29 is 0 Å². The minimum Gasteiger partial charge on any atom is -0.382 e. The van der Waals surface area contributed by atoms with Crippen LogP contribution in [0.3, 0.4) is 0 Å². The molecule has 104 valence electrons. The normalized spacial score (nSPS) is 38.5. The van der Waals surface area contributed by atoms with Crippen LogP contribution in [0.15, 0.2) is 24.4 Å². The molecule has 1 heterocycles. The second-order valence-corrected chi connectivity index (χ2v) is 7.08. The summed E-state index contributed by atoms with van der Waals surface area (Å²) in [6, 6.07) is 7.27. The Morgan fingerprint density at radius 3 is 3.05 bits per heavy atom. The molecule has 2 aromatic rings. The van der Waals surface area contributed by atoms with Crippen LogP contribution in [-0.4, -0.2) is 16.2 Å². The molecular formula is C17H21N3. The first-order valence-corrected chi connectivity index (χ1v) is 8.08. The molecule has 3 nitrogen and oxygen atoms in total. The largest absolute Gasteiger partial charge is 0.382 e. The zero-order valence-electron chi connectivity index (χ0n) is 11.7. The van der Waals surface area contributed by atoms with E-state index in [1.54, 1.807) is 0 Å². The second kappa shape index (κ2) is 4.00. The maximum Gasteiger partial charge on any atom is 0.0651 e. The second-order valence-electron chi connectivity index (χ2n) is 7.08. The van der Waals surface area contributed by atoms with Crippen molar-refractivity contribution in [1.29, 1.82) is 0 Å². The van der Waals surface area contributed by atoms with Crippen LogP contribution in [0.4, 0.5) is 5.69 Å². The minimum atomic E-state index is 0.712. The Morgan fingerprint density at radius 1 is 1.10 bits per heavy atom. The summed E-state index contributed by atoms with van der Waals surface area (Å²) in [6.07, 6.45) is 9.28. The molecule has 1 aromatic carbocycles. The van der Waals surface area contributed by atoms with Crippen molar-refractivity contribution in [3.8, 4) is 0 Å². The lowest BCUT2D eigenvalue weighted by atomic mass is 9.79. The zero-order valence-corrected chi connectivity index (χ0v) is 11.7. The molecule has 2 bridgehead atoms. The van der Waals surface area contributed by atoms with Crippen molar-refractivity contribution in [1.82, 2.24) is 10.2 Å². The summed E-state index contributed by atoms with van der Waals surface area (Å²) in [4.78, 5) is 0. The van der Waals surface area contributed by atoms with Crippen LogP contribution >= 0.6 is 0 Å². The molecule has 0 radical (unpaired) electrons. The first-order chi connectivity index (χ1) is 9.88. The van der Waals surface area contributed by atoms with Gasteiger partial charge in [0.05, 0.1) is 11.7 Å². The van der Waals surface area contributed by atoms with E-state index < -0.39 is 0 Å². The van der Waals surface area contributed by atoms with Crippen molar-refractivity contribution in [2.24, 2.45) is 23.7 Å². The smallest absolute Gasteiger partial charge is 0.0651 e. The Hall–Kier alpha value is -1.51. The van der Waals surface area contributed by atoms with Gasteiger partial charge in [-0.15, -0.1) is 0 Å². The molecule has 0 aliphatic heterocycles. The molecule has 0 spiro atoms. The standard InChI is InChI=1S/C17H21N3/c1-2-13-10-7-15(14(13)3-1)17(8-10)19-12-4-5-16-11(6-12)9-18-20-16/h4-6,9-10,13-15,17,19H,1-3,7-8H2,(H,18,20). The van der Waals surface area contributed by atoms with Gasteiger partial charge in [0.1, 0.15) is 0 Å². The predicted molar refractivity (Wildman–Crippen MR) is 80.5 cm³/mol. The molecule has 0 amide bonds. The van der Waals surface area contributed by atoms with E-state index in [9.17, 15) is 0 Å². The number of hydrogen-bond donors (Lipinski definition) is 2. The average Bonchev–Trinajstić information content (AvgIpc) is 3.20. The van der Waals surface area contributed by atoms with Crippen molar-refractivity contribution >= 4 is 16.6 Å². The molecule has 3 aliphatic carbocycles. The predicted octanol–water partition coefficient (Wildman–Crippen LogP) is 3.80. The van der Waals surface area contributed by atoms with Gasteiger partial charge in [0.15, 0.2) is 0 Å². The lowest BCUT2D eigenvalue weighted by molar-refractivity contribution is 0.243. The number of hydrogen-bond acceptors (Lipinski definition) is 2. The molecule has 3 heteroatoms. The Bertz CT molecular complexity index is 646. The summed E-state index contributed by atoms with van der Waals surface area (Å²) >= 11 is 0. The maximum absolute atomic E-state index is 4.10. The van der Waals surface area contributed by atoms with Gasteiger partial charge >= 0.3 is 0 Å². The highest BCUT2D eigenvalue weighted by atomic mass is 15.1. The van der Waals surface area contributed by atoms with Crippen LogP contribution in [0.5, 0.6) is 0 Å². The van der Waals surface area contributed by atoms with E-state index in [-0.39, 0.29) is 0 Å². The number of anilines is 1. The van der Waals surface area contributed by atoms with Gasteiger partial charge in [0.2, 0.25) is 0 Å². The first-order valence-electron chi connectivity index (χ1n) is 8.08. The van der Waals surface area contributed by atoms with Gasteiger partial charge in [0.25, 0.3) is 0 Å². The number of rotatable bonds is 2. The van der Waals surface area contributed by atoms with Crippen LogP contribution in [0.25, 0.3) is 10.9 Å². The molecule has 5 unspecified atom stereocenters. The van der Waals surface area contributed by atoms with E-state index in [0.29, 0.717) is 6.04 Å². The molecule has 5 rings (SSSR count). The number of benzene rings is 1. The van der Waals surface area contributed by atoms with Gasteiger partial charge in [-0.25, -0.2) is 0 Å². The van der Waals surface area contributed by atoms with E-state index in [1.807, 2.05) is 6.20 Å². The SMILES string of the molecule is c1cc2[nH]ncc2cc1NC1CC2CC1C1CCCC21. The molecule has 20 heavy (non-hydrogen) atoms. The van der Waals surface area contributed by atoms with E-state index >= 15 is 0 Å².